The van der Waals surface area contributed by atoms with E-state index in [-0.39, 0.29) is 28.2 Å². The molecule has 2 aromatic rings. The molecule has 0 spiro atoms. The van der Waals surface area contributed by atoms with Gasteiger partial charge in [0, 0.05) is 18.1 Å². The number of nitrogens with one attached hydrogen (secondary N) is 1. The SMILES string of the molecule is CNC(=O)[C@@H](C)N(Cc1cccc(Br)c1)C(=O)CN(c1ccc(Cl)c(Cl)c1)S(C)(=O)=O. The van der Waals surface area contributed by atoms with Crippen LogP contribution in [0.2, 0.25) is 10.0 Å². The second-order valence-corrected chi connectivity index (χ2v) is 10.4. The van der Waals surface area contributed by atoms with Crippen molar-refractivity contribution in [1.82, 2.24) is 10.2 Å². The molecule has 0 unspecified atom stereocenters. The van der Waals surface area contributed by atoms with Crippen LogP contribution in [0.25, 0.3) is 0 Å². The topological polar surface area (TPSA) is 86.8 Å². The largest absolute Gasteiger partial charge is 0.357 e. The Morgan fingerprint density at radius 3 is 2.35 bits per heavy atom. The van der Waals surface area contributed by atoms with Crippen LogP contribution < -0.4 is 9.62 Å². The third-order valence-electron chi connectivity index (χ3n) is 4.53. The van der Waals surface area contributed by atoms with Crippen LogP contribution in [0, 0.1) is 0 Å². The highest BCUT2D eigenvalue weighted by atomic mass is 79.9. The first-order chi connectivity index (χ1) is 14.4. The van der Waals surface area contributed by atoms with Crippen LogP contribution in [0.1, 0.15) is 12.5 Å². The molecule has 31 heavy (non-hydrogen) atoms. The van der Waals surface area contributed by atoms with Crippen LogP contribution in [0.15, 0.2) is 46.9 Å². The van der Waals surface area contributed by atoms with Gasteiger partial charge < -0.3 is 10.2 Å². The van der Waals surface area contributed by atoms with Crippen molar-refractivity contribution < 1.29 is 18.0 Å². The number of likely N-dealkylation sites (N-methyl/N-ethyl adjacent to an activating group) is 1. The molecule has 2 amide bonds. The summed E-state index contributed by atoms with van der Waals surface area (Å²) in [6.45, 7) is 1.19. The van der Waals surface area contributed by atoms with Crippen molar-refractivity contribution in [3.05, 3.63) is 62.5 Å². The number of anilines is 1. The lowest BCUT2D eigenvalue weighted by Crippen LogP contribution is -2.50. The summed E-state index contributed by atoms with van der Waals surface area (Å²) in [5.41, 5.74) is 0.971. The summed E-state index contributed by atoms with van der Waals surface area (Å²) in [5.74, 6) is -0.920. The Balaban J connectivity index is 2.40. The third kappa shape index (κ3) is 6.83. The summed E-state index contributed by atoms with van der Waals surface area (Å²) < 4.78 is 26.6. The summed E-state index contributed by atoms with van der Waals surface area (Å²) in [6.07, 6.45) is 0.990. The standard InChI is InChI=1S/C20H22BrCl2N3O4S/c1-13(20(28)24-2)25(11-14-5-4-6-15(21)9-14)19(27)12-26(31(3,29)30)16-7-8-17(22)18(23)10-16/h4-10,13H,11-12H2,1-3H3,(H,24,28)/t13-/m1/s1. The molecule has 0 bridgehead atoms. The van der Waals surface area contributed by atoms with Crippen molar-refractivity contribution in [2.45, 2.75) is 19.5 Å². The van der Waals surface area contributed by atoms with E-state index in [0.717, 1.165) is 20.6 Å². The Labute approximate surface area is 200 Å². The van der Waals surface area contributed by atoms with Gasteiger partial charge in [0.2, 0.25) is 21.8 Å². The van der Waals surface area contributed by atoms with E-state index in [9.17, 15) is 18.0 Å². The number of amides is 2. The van der Waals surface area contributed by atoms with Gasteiger partial charge in [-0.05, 0) is 42.8 Å². The lowest BCUT2D eigenvalue weighted by molar-refractivity contribution is -0.139. The molecule has 1 N–H and O–H groups in total. The minimum absolute atomic E-state index is 0.117. The van der Waals surface area contributed by atoms with Gasteiger partial charge in [-0.15, -0.1) is 0 Å². The van der Waals surface area contributed by atoms with Crippen molar-refractivity contribution in [1.29, 1.82) is 0 Å². The summed E-state index contributed by atoms with van der Waals surface area (Å²) in [6, 6.07) is 10.8. The molecule has 0 saturated carbocycles. The van der Waals surface area contributed by atoms with Crippen molar-refractivity contribution in [2.75, 3.05) is 24.2 Å². The minimum atomic E-state index is -3.83. The number of sulfonamides is 1. The fraction of sp³-hybridized carbons (Fsp3) is 0.300. The molecule has 168 valence electrons. The van der Waals surface area contributed by atoms with Crippen LogP contribution in [0.3, 0.4) is 0 Å². The average Bonchev–Trinajstić information content (AvgIpc) is 2.70. The number of benzene rings is 2. The molecule has 2 aromatic carbocycles. The highest BCUT2D eigenvalue weighted by molar-refractivity contribution is 9.10. The zero-order chi connectivity index (χ0) is 23.3. The maximum atomic E-state index is 13.2. The van der Waals surface area contributed by atoms with Crippen LogP contribution in [-0.2, 0) is 26.2 Å². The Morgan fingerprint density at radius 2 is 1.81 bits per heavy atom. The Hall–Kier alpha value is -1.81. The van der Waals surface area contributed by atoms with E-state index < -0.39 is 28.5 Å². The molecular formula is C20H22BrCl2N3O4S. The molecule has 2 rings (SSSR count). The van der Waals surface area contributed by atoms with Gasteiger partial charge in [-0.1, -0.05) is 51.3 Å². The normalized spacial score (nSPS) is 12.2. The second-order valence-electron chi connectivity index (χ2n) is 6.81. The molecule has 0 radical (unpaired) electrons. The first-order valence-electron chi connectivity index (χ1n) is 9.12. The van der Waals surface area contributed by atoms with Crippen molar-refractivity contribution >= 4 is 66.7 Å². The monoisotopic (exact) mass is 549 g/mol. The predicted molar refractivity (Wildman–Crippen MR) is 127 cm³/mol. The number of rotatable bonds is 8. The summed E-state index contributed by atoms with van der Waals surface area (Å²) in [5, 5.41) is 2.94. The molecular weight excluding hydrogens is 529 g/mol. The Bertz CT molecular complexity index is 1080. The van der Waals surface area contributed by atoms with E-state index >= 15 is 0 Å². The zero-order valence-electron chi connectivity index (χ0n) is 17.1. The van der Waals surface area contributed by atoms with E-state index in [1.165, 1.54) is 30.1 Å². The molecule has 0 fully saturated rings. The van der Waals surface area contributed by atoms with Crippen molar-refractivity contribution in [3.8, 4) is 0 Å². The number of carbonyl (C=O) groups excluding carboxylic acids is 2. The minimum Gasteiger partial charge on any atom is -0.357 e. The van der Waals surface area contributed by atoms with Crippen molar-refractivity contribution in [2.24, 2.45) is 0 Å². The van der Waals surface area contributed by atoms with E-state index in [1.807, 2.05) is 24.3 Å². The molecule has 1 atom stereocenters. The number of hydrogen-bond donors (Lipinski definition) is 1. The van der Waals surface area contributed by atoms with E-state index in [2.05, 4.69) is 21.2 Å². The van der Waals surface area contributed by atoms with Gasteiger partial charge >= 0.3 is 0 Å². The van der Waals surface area contributed by atoms with Gasteiger partial charge in [0.15, 0.2) is 0 Å². The highest BCUT2D eigenvalue weighted by Crippen LogP contribution is 2.28. The lowest BCUT2D eigenvalue weighted by Gasteiger charge is -2.31. The van der Waals surface area contributed by atoms with Crippen LogP contribution in [0.4, 0.5) is 5.69 Å². The first kappa shape index (κ1) is 25.5. The maximum absolute atomic E-state index is 13.2. The maximum Gasteiger partial charge on any atom is 0.244 e. The fourth-order valence-electron chi connectivity index (χ4n) is 2.88. The van der Waals surface area contributed by atoms with E-state index in [1.54, 1.807) is 6.92 Å². The fourth-order valence-corrected chi connectivity index (χ4v) is 4.46. The van der Waals surface area contributed by atoms with Gasteiger partial charge in [0.25, 0.3) is 0 Å². The molecule has 0 aromatic heterocycles. The quantitative estimate of drug-likeness (QED) is 0.543. The van der Waals surface area contributed by atoms with Gasteiger partial charge in [-0.25, -0.2) is 8.42 Å². The molecule has 0 saturated heterocycles. The van der Waals surface area contributed by atoms with E-state index in [4.69, 9.17) is 23.2 Å². The molecule has 11 heteroatoms. The average molecular weight is 551 g/mol. The summed E-state index contributed by atoms with van der Waals surface area (Å²) in [4.78, 5) is 26.8. The summed E-state index contributed by atoms with van der Waals surface area (Å²) in [7, 11) is -2.36. The third-order valence-corrected chi connectivity index (χ3v) is 6.90. The zero-order valence-corrected chi connectivity index (χ0v) is 21.0. The number of hydrogen-bond acceptors (Lipinski definition) is 4. The Kier molecular flexibility index (Phi) is 8.76. The lowest BCUT2D eigenvalue weighted by atomic mass is 10.1. The van der Waals surface area contributed by atoms with Crippen molar-refractivity contribution in [3.63, 3.8) is 0 Å². The molecule has 0 aliphatic rings. The van der Waals surface area contributed by atoms with E-state index in [0.29, 0.717) is 0 Å². The second kappa shape index (κ2) is 10.7. The van der Waals surface area contributed by atoms with Gasteiger partial charge in [0.1, 0.15) is 12.6 Å². The van der Waals surface area contributed by atoms with Gasteiger partial charge in [-0.3, -0.25) is 13.9 Å². The molecule has 0 aliphatic heterocycles. The van der Waals surface area contributed by atoms with Crippen LogP contribution in [-0.4, -0.2) is 51.0 Å². The Morgan fingerprint density at radius 1 is 1.13 bits per heavy atom. The molecule has 0 aliphatic carbocycles. The predicted octanol–water partition coefficient (Wildman–Crippen LogP) is 3.69. The van der Waals surface area contributed by atoms with Gasteiger partial charge in [-0.2, -0.15) is 0 Å². The number of nitrogens with zero attached hydrogens (tertiary/aromatic N) is 2. The number of halogens is 3. The first-order valence-corrected chi connectivity index (χ1v) is 12.5. The molecule has 7 nitrogen and oxygen atoms in total. The summed E-state index contributed by atoms with van der Waals surface area (Å²) >= 11 is 15.3. The number of carbonyl (C=O) groups is 2. The van der Waals surface area contributed by atoms with Gasteiger partial charge in [0.05, 0.1) is 22.0 Å². The smallest absolute Gasteiger partial charge is 0.244 e. The molecule has 0 heterocycles. The van der Waals surface area contributed by atoms with Crippen LogP contribution >= 0.6 is 39.1 Å². The van der Waals surface area contributed by atoms with Crippen LogP contribution in [0.5, 0.6) is 0 Å². The highest BCUT2D eigenvalue weighted by Gasteiger charge is 2.29.